The summed E-state index contributed by atoms with van der Waals surface area (Å²) in [5, 5.41) is 12.4. The van der Waals surface area contributed by atoms with Crippen LogP contribution < -0.4 is 5.32 Å². The van der Waals surface area contributed by atoms with Gasteiger partial charge in [-0.1, -0.05) is 0 Å². The quantitative estimate of drug-likeness (QED) is 0.678. The molecule has 0 amide bonds. The van der Waals surface area contributed by atoms with Gasteiger partial charge in [0.2, 0.25) is 0 Å². The second-order valence-electron chi connectivity index (χ2n) is 4.79. The van der Waals surface area contributed by atoms with Crippen LogP contribution in [0.2, 0.25) is 0 Å². The van der Waals surface area contributed by atoms with Crippen LogP contribution in [0.25, 0.3) is 0 Å². The summed E-state index contributed by atoms with van der Waals surface area (Å²) >= 11 is 0. The minimum atomic E-state index is 0.299. The van der Waals surface area contributed by atoms with Gasteiger partial charge in [0.1, 0.15) is 0 Å². The summed E-state index contributed by atoms with van der Waals surface area (Å²) in [6, 6.07) is 2.04. The largest absolute Gasteiger partial charge is 0.396 e. The van der Waals surface area contributed by atoms with Crippen molar-refractivity contribution in [3.8, 4) is 0 Å². The van der Waals surface area contributed by atoms with Gasteiger partial charge in [-0.05, 0) is 32.6 Å². The molecule has 3 nitrogen and oxygen atoms in total. The number of nitrogens with zero attached hydrogens (tertiary/aromatic N) is 1. The van der Waals surface area contributed by atoms with Gasteiger partial charge in [0.05, 0.1) is 0 Å². The zero-order valence-corrected chi connectivity index (χ0v) is 9.08. The second kappa shape index (κ2) is 4.60. The van der Waals surface area contributed by atoms with Crippen molar-refractivity contribution < 1.29 is 5.11 Å². The minimum absolute atomic E-state index is 0.299. The summed E-state index contributed by atoms with van der Waals surface area (Å²) in [6.07, 6.45) is 4.99. The Bertz CT molecular complexity index is 182. The van der Waals surface area contributed by atoms with Crippen molar-refractivity contribution in [1.29, 1.82) is 0 Å². The molecule has 2 rings (SSSR count). The van der Waals surface area contributed by atoms with E-state index in [1.165, 1.54) is 32.4 Å². The highest BCUT2D eigenvalue weighted by molar-refractivity contribution is 4.92. The Morgan fingerprint density at radius 1 is 1.43 bits per heavy atom. The van der Waals surface area contributed by atoms with Crippen LogP contribution in [0, 0.1) is 0 Å². The third-order valence-electron chi connectivity index (χ3n) is 3.37. The molecule has 1 aliphatic carbocycles. The van der Waals surface area contributed by atoms with Crippen molar-refractivity contribution in [2.24, 2.45) is 0 Å². The topological polar surface area (TPSA) is 35.5 Å². The first-order chi connectivity index (χ1) is 6.79. The molecular weight excluding hydrogens is 176 g/mol. The Kier molecular flexibility index (Phi) is 3.42. The highest BCUT2D eigenvalue weighted by Gasteiger charge is 2.34. The van der Waals surface area contributed by atoms with Crippen molar-refractivity contribution in [1.82, 2.24) is 10.2 Å². The molecule has 1 saturated heterocycles. The van der Waals surface area contributed by atoms with E-state index in [4.69, 9.17) is 5.11 Å². The Morgan fingerprint density at radius 2 is 2.21 bits per heavy atom. The molecule has 1 saturated carbocycles. The van der Waals surface area contributed by atoms with E-state index in [1.54, 1.807) is 0 Å². The van der Waals surface area contributed by atoms with Crippen LogP contribution in [-0.4, -0.2) is 47.8 Å². The van der Waals surface area contributed by atoms with Crippen molar-refractivity contribution in [3.05, 3.63) is 0 Å². The maximum Gasteiger partial charge on any atom is 0.0445 e. The van der Waals surface area contributed by atoms with Crippen molar-refractivity contribution in [2.45, 2.75) is 50.7 Å². The highest BCUT2D eigenvalue weighted by Crippen LogP contribution is 2.29. The summed E-state index contributed by atoms with van der Waals surface area (Å²) in [5.74, 6) is 0. The van der Waals surface area contributed by atoms with E-state index in [0.29, 0.717) is 18.7 Å². The van der Waals surface area contributed by atoms with Crippen molar-refractivity contribution >= 4 is 0 Å². The third kappa shape index (κ3) is 2.69. The maximum absolute atomic E-state index is 8.81. The molecule has 0 radical (unpaired) electrons. The molecular formula is C11H22N2O. The molecule has 2 fully saturated rings. The molecule has 1 heterocycles. The van der Waals surface area contributed by atoms with E-state index < -0.39 is 0 Å². The normalized spacial score (nSPS) is 30.9. The van der Waals surface area contributed by atoms with Gasteiger partial charge in [-0.25, -0.2) is 0 Å². The SMILES string of the molecule is CC(CCO)NC1CCN(C2CC2)C1. The van der Waals surface area contributed by atoms with Gasteiger partial charge >= 0.3 is 0 Å². The van der Waals surface area contributed by atoms with Crippen LogP contribution >= 0.6 is 0 Å². The average molecular weight is 198 g/mol. The molecule has 2 N–H and O–H groups in total. The smallest absolute Gasteiger partial charge is 0.0445 e. The van der Waals surface area contributed by atoms with Gasteiger partial charge < -0.3 is 10.4 Å². The fourth-order valence-electron chi connectivity index (χ4n) is 2.37. The maximum atomic E-state index is 8.81. The fourth-order valence-corrected chi connectivity index (χ4v) is 2.37. The number of hydrogen-bond donors (Lipinski definition) is 2. The van der Waals surface area contributed by atoms with Gasteiger partial charge in [-0.2, -0.15) is 0 Å². The molecule has 0 aromatic carbocycles. The van der Waals surface area contributed by atoms with Crippen LogP contribution in [0.1, 0.15) is 32.6 Å². The van der Waals surface area contributed by atoms with Gasteiger partial charge in [0.15, 0.2) is 0 Å². The van der Waals surface area contributed by atoms with Gasteiger partial charge in [0, 0.05) is 37.8 Å². The van der Waals surface area contributed by atoms with E-state index in [0.717, 1.165) is 12.5 Å². The predicted molar refractivity (Wildman–Crippen MR) is 57.3 cm³/mol. The van der Waals surface area contributed by atoms with E-state index in [1.807, 2.05) is 0 Å². The first-order valence-corrected chi connectivity index (χ1v) is 5.90. The molecule has 0 spiro atoms. The second-order valence-corrected chi connectivity index (χ2v) is 4.79. The van der Waals surface area contributed by atoms with E-state index >= 15 is 0 Å². The molecule has 2 atom stereocenters. The lowest BCUT2D eigenvalue weighted by Crippen LogP contribution is -2.39. The number of rotatable bonds is 5. The van der Waals surface area contributed by atoms with Crippen LogP contribution in [0.5, 0.6) is 0 Å². The number of aliphatic hydroxyl groups is 1. The van der Waals surface area contributed by atoms with Crippen LogP contribution in [0.4, 0.5) is 0 Å². The molecule has 0 bridgehead atoms. The summed E-state index contributed by atoms with van der Waals surface area (Å²) in [7, 11) is 0. The highest BCUT2D eigenvalue weighted by atomic mass is 16.3. The summed E-state index contributed by atoms with van der Waals surface area (Å²) in [4.78, 5) is 2.61. The Hall–Kier alpha value is -0.120. The molecule has 82 valence electrons. The zero-order valence-electron chi connectivity index (χ0n) is 9.08. The number of hydrogen-bond acceptors (Lipinski definition) is 3. The Labute approximate surface area is 86.5 Å². The van der Waals surface area contributed by atoms with Crippen LogP contribution in [0.3, 0.4) is 0 Å². The first-order valence-electron chi connectivity index (χ1n) is 5.90. The average Bonchev–Trinajstić information content (AvgIpc) is 2.89. The summed E-state index contributed by atoms with van der Waals surface area (Å²) in [6.45, 7) is 4.96. The third-order valence-corrected chi connectivity index (χ3v) is 3.37. The van der Waals surface area contributed by atoms with Crippen LogP contribution in [-0.2, 0) is 0 Å². The zero-order chi connectivity index (χ0) is 9.97. The number of likely N-dealkylation sites (tertiary alicyclic amines) is 1. The Morgan fingerprint density at radius 3 is 2.86 bits per heavy atom. The lowest BCUT2D eigenvalue weighted by Gasteiger charge is -2.19. The van der Waals surface area contributed by atoms with E-state index in [-0.39, 0.29) is 0 Å². The van der Waals surface area contributed by atoms with E-state index in [9.17, 15) is 0 Å². The van der Waals surface area contributed by atoms with Crippen LogP contribution in [0.15, 0.2) is 0 Å². The number of nitrogens with one attached hydrogen (secondary N) is 1. The molecule has 3 heteroatoms. The fraction of sp³-hybridized carbons (Fsp3) is 1.00. The first kappa shape index (κ1) is 10.4. The molecule has 2 aliphatic rings. The molecule has 0 aromatic rings. The van der Waals surface area contributed by atoms with Crippen molar-refractivity contribution in [3.63, 3.8) is 0 Å². The lowest BCUT2D eigenvalue weighted by molar-refractivity contribution is 0.260. The summed E-state index contributed by atoms with van der Waals surface area (Å²) < 4.78 is 0. The monoisotopic (exact) mass is 198 g/mol. The lowest BCUT2D eigenvalue weighted by atomic mass is 10.2. The molecule has 14 heavy (non-hydrogen) atoms. The Balaban J connectivity index is 1.67. The number of aliphatic hydroxyl groups excluding tert-OH is 1. The molecule has 2 unspecified atom stereocenters. The summed E-state index contributed by atoms with van der Waals surface area (Å²) in [5.41, 5.74) is 0. The molecule has 0 aromatic heterocycles. The van der Waals surface area contributed by atoms with Gasteiger partial charge in [-0.15, -0.1) is 0 Å². The standard InChI is InChI=1S/C11H22N2O/c1-9(5-7-14)12-10-4-6-13(8-10)11-2-3-11/h9-12,14H,2-8H2,1H3. The van der Waals surface area contributed by atoms with Gasteiger partial charge in [0.25, 0.3) is 0 Å². The predicted octanol–water partition coefficient (Wildman–Crippen LogP) is 0.584. The van der Waals surface area contributed by atoms with Crippen molar-refractivity contribution in [2.75, 3.05) is 19.7 Å². The van der Waals surface area contributed by atoms with E-state index in [2.05, 4.69) is 17.1 Å². The molecule has 1 aliphatic heterocycles. The van der Waals surface area contributed by atoms with Gasteiger partial charge in [-0.3, -0.25) is 4.90 Å². The minimum Gasteiger partial charge on any atom is -0.396 e.